The van der Waals surface area contributed by atoms with Gasteiger partial charge in [-0.2, -0.15) is 0 Å². The monoisotopic (exact) mass is 366 g/mol. The van der Waals surface area contributed by atoms with Gasteiger partial charge in [0.05, 0.1) is 17.8 Å². The number of benzene rings is 1. The van der Waals surface area contributed by atoms with Crippen molar-refractivity contribution in [1.82, 2.24) is 20.2 Å². The van der Waals surface area contributed by atoms with Crippen molar-refractivity contribution in [3.63, 3.8) is 0 Å². The van der Waals surface area contributed by atoms with Crippen LogP contribution in [0.2, 0.25) is 5.02 Å². The molecule has 1 aliphatic heterocycles. The number of fused-ring (bicyclic) bond motifs is 1. The van der Waals surface area contributed by atoms with Gasteiger partial charge in [0.2, 0.25) is 0 Å². The van der Waals surface area contributed by atoms with Gasteiger partial charge in [0.25, 0.3) is 5.91 Å². The molecule has 0 spiro atoms. The summed E-state index contributed by atoms with van der Waals surface area (Å²) in [5, 5.41) is 4.11. The average Bonchev–Trinajstić information content (AvgIpc) is 2.89. The quantitative estimate of drug-likeness (QED) is 0.722. The number of carbonyl (C=O) groups is 2. The van der Waals surface area contributed by atoms with Crippen LogP contribution in [-0.2, 0) is 16.9 Å². The number of urea groups is 1. The Bertz CT molecular complexity index is 1020. The first-order valence-corrected chi connectivity index (χ1v) is 8.46. The lowest BCUT2D eigenvalue weighted by Crippen LogP contribution is -2.41. The molecule has 3 heterocycles. The second-order valence-electron chi connectivity index (χ2n) is 6.27. The molecule has 3 amide bonds. The van der Waals surface area contributed by atoms with Crippen molar-refractivity contribution < 1.29 is 9.59 Å². The Hall–Kier alpha value is -2.99. The van der Waals surface area contributed by atoms with Crippen molar-refractivity contribution in [2.24, 2.45) is 0 Å². The Balaban J connectivity index is 1.71. The van der Waals surface area contributed by atoms with Crippen molar-refractivity contribution in [1.29, 1.82) is 0 Å². The van der Waals surface area contributed by atoms with Crippen LogP contribution in [0.25, 0.3) is 10.9 Å². The predicted octanol–water partition coefficient (Wildman–Crippen LogP) is 3.25. The number of rotatable bonds is 3. The Kier molecular flexibility index (Phi) is 3.85. The highest BCUT2D eigenvalue weighted by atomic mass is 35.5. The van der Waals surface area contributed by atoms with Gasteiger partial charge in [0, 0.05) is 22.8 Å². The Morgan fingerprint density at radius 2 is 1.88 bits per heavy atom. The maximum absolute atomic E-state index is 13.0. The first-order valence-electron chi connectivity index (χ1n) is 8.08. The lowest BCUT2D eigenvalue weighted by molar-refractivity contribution is -0.131. The summed E-state index contributed by atoms with van der Waals surface area (Å²) in [5.41, 5.74) is 0.735. The third-order valence-electron chi connectivity index (χ3n) is 4.58. The van der Waals surface area contributed by atoms with Crippen LogP contribution in [0.3, 0.4) is 0 Å². The smallest absolute Gasteiger partial charge is 0.318 e. The molecule has 1 aliphatic rings. The summed E-state index contributed by atoms with van der Waals surface area (Å²) in [6.07, 6.45) is 3.26. The molecule has 1 unspecified atom stereocenters. The molecule has 1 N–H and O–H groups in total. The summed E-state index contributed by atoms with van der Waals surface area (Å²) in [4.78, 5) is 35.3. The van der Waals surface area contributed by atoms with Crippen molar-refractivity contribution >= 4 is 34.4 Å². The number of nitrogens with zero attached hydrogens (tertiary/aromatic N) is 3. The normalized spacial score (nSPS) is 19.8. The first-order chi connectivity index (χ1) is 12.5. The molecule has 0 radical (unpaired) electrons. The molecule has 4 rings (SSSR count). The minimum atomic E-state index is -1.19. The van der Waals surface area contributed by atoms with Crippen LogP contribution in [-0.4, -0.2) is 26.8 Å². The molecule has 1 saturated heterocycles. The SMILES string of the molecule is CC1(c2ccccn2)NC(=O)N(Cc2ccc(Cl)c3cccnc23)C1=O. The number of carbonyl (C=O) groups excluding carboxylic acids is 2. The van der Waals surface area contributed by atoms with Crippen LogP contribution >= 0.6 is 11.6 Å². The highest BCUT2D eigenvalue weighted by Crippen LogP contribution is 2.30. The van der Waals surface area contributed by atoms with E-state index in [0.717, 1.165) is 10.9 Å². The molecule has 0 bridgehead atoms. The van der Waals surface area contributed by atoms with Gasteiger partial charge < -0.3 is 5.32 Å². The van der Waals surface area contributed by atoms with Gasteiger partial charge in [-0.3, -0.25) is 19.7 Å². The molecular formula is C19H15ClN4O2. The molecule has 130 valence electrons. The van der Waals surface area contributed by atoms with Gasteiger partial charge in [-0.15, -0.1) is 0 Å². The standard InChI is InChI=1S/C19H15ClN4O2/c1-19(15-6-2-3-9-21-15)17(25)24(18(26)23-19)11-12-7-8-14(20)13-5-4-10-22-16(12)13/h2-10H,11H2,1H3,(H,23,26). The molecule has 3 aromatic rings. The third-order valence-corrected chi connectivity index (χ3v) is 4.91. The van der Waals surface area contributed by atoms with Crippen molar-refractivity contribution in [2.45, 2.75) is 19.0 Å². The number of hydrogen-bond acceptors (Lipinski definition) is 4. The van der Waals surface area contributed by atoms with E-state index in [1.54, 1.807) is 55.7 Å². The molecule has 7 heteroatoms. The lowest BCUT2D eigenvalue weighted by atomic mass is 9.97. The van der Waals surface area contributed by atoms with E-state index in [-0.39, 0.29) is 12.5 Å². The number of imide groups is 1. The zero-order valence-corrected chi connectivity index (χ0v) is 14.7. The molecule has 0 aliphatic carbocycles. The second kappa shape index (κ2) is 6.07. The zero-order chi connectivity index (χ0) is 18.3. The van der Waals surface area contributed by atoms with Gasteiger partial charge >= 0.3 is 6.03 Å². The van der Waals surface area contributed by atoms with Crippen LogP contribution in [0.1, 0.15) is 18.2 Å². The average molecular weight is 367 g/mol. The number of aromatic nitrogens is 2. The number of halogens is 1. The molecule has 26 heavy (non-hydrogen) atoms. The van der Waals surface area contributed by atoms with Crippen LogP contribution in [0.4, 0.5) is 4.79 Å². The van der Waals surface area contributed by atoms with E-state index >= 15 is 0 Å². The van der Waals surface area contributed by atoms with E-state index in [1.807, 2.05) is 6.07 Å². The number of amides is 3. The van der Waals surface area contributed by atoms with E-state index in [2.05, 4.69) is 15.3 Å². The molecule has 6 nitrogen and oxygen atoms in total. The molecule has 1 atom stereocenters. The minimum absolute atomic E-state index is 0.109. The number of pyridine rings is 2. The van der Waals surface area contributed by atoms with Gasteiger partial charge in [-0.1, -0.05) is 23.7 Å². The summed E-state index contributed by atoms with van der Waals surface area (Å²) >= 11 is 6.22. The van der Waals surface area contributed by atoms with E-state index < -0.39 is 11.6 Å². The first kappa shape index (κ1) is 16.5. The van der Waals surface area contributed by atoms with Gasteiger partial charge in [0.1, 0.15) is 0 Å². The summed E-state index contributed by atoms with van der Waals surface area (Å²) in [6, 6.07) is 12.0. The zero-order valence-electron chi connectivity index (χ0n) is 13.9. The lowest BCUT2D eigenvalue weighted by Gasteiger charge is -2.21. The minimum Gasteiger partial charge on any atom is -0.318 e. The summed E-state index contributed by atoms with van der Waals surface area (Å²) < 4.78 is 0. The Labute approximate surface area is 154 Å². The fourth-order valence-electron chi connectivity index (χ4n) is 3.17. The van der Waals surface area contributed by atoms with Crippen LogP contribution < -0.4 is 5.32 Å². The fraction of sp³-hybridized carbons (Fsp3) is 0.158. The summed E-state index contributed by atoms with van der Waals surface area (Å²) in [5.74, 6) is -0.347. The van der Waals surface area contributed by atoms with Crippen molar-refractivity contribution in [3.8, 4) is 0 Å². The topological polar surface area (TPSA) is 75.2 Å². The number of hydrogen-bond donors (Lipinski definition) is 1. The highest BCUT2D eigenvalue weighted by molar-refractivity contribution is 6.35. The largest absolute Gasteiger partial charge is 0.325 e. The van der Waals surface area contributed by atoms with Gasteiger partial charge in [-0.05, 0) is 42.8 Å². The van der Waals surface area contributed by atoms with E-state index in [9.17, 15) is 9.59 Å². The summed E-state index contributed by atoms with van der Waals surface area (Å²) in [7, 11) is 0. The maximum atomic E-state index is 13.0. The fourth-order valence-corrected chi connectivity index (χ4v) is 3.38. The molecular weight excluding hydrogens is 352 g/mol. The molecule has 2 aromatic heterocycles. The maximum Gasteiger partial charge on any atom is 0.325 e. The van der Waals surface area contributed by atoms with Gasteiger partial charge in [-0.25, -0.2) is 4.79 Å². The Morgan fingerprint density at radius 1 is 1.08 bits per heavy atom. The van der Waals surface area contributed by atoms with Crippen molar-refractivity contribution in [3.05, 3.63) is 71.1 Å². The van der Waals surface area contributed by atoms with Crippen LogP contribution in [0.15, 0.2) is 54.9 Å². The van der Waals surface area contributed by atoms with Crippen LogP contribution in [0, 0.1) is 0 Å². The van der Waals surface area contributed by atoms with E-state index in [1.165, 1.54) is 4.90 Å². The van der Waals surface area contributed by atoms with E-state index in [0.29, 0.717) is 16.2 Å². The third kappa shape index (κ3) is 2.50. The highest BCUT2D eigenvalue weighted by Gasteiger charge is 2.49. The second-order valence-corrected chi connectivity index (χ2v) is 6.67. The molecule has 0 saturated carbocycles. The number of nitrogens with one attached hydrogen (secondary N) is 1. The van der Waals surface area contributed by atoms with E-state index in [4.69, 9.17) is 11.6 Å². The van der Waals surface area contributed by atoms with Crippen LogP contribution in [0.5, 0.6) is 0 Å². The molecule has 1 aromatic carbocycles. The Morgan fingerprint density at radius 3 is 2.65 bits per heavy atom. The summed E-state index contributed by atoms with van der Waals surface area (Å²) in [6.45, 7) is 1.77. The van der Waals surface area contributed by atoms with Gasteiger partial charge in [0.15, 0.2) is 5.54 Å². The van der Waals surface area contributed by atoms with Crippen molar-refractivity contribution in [2.75, 3.05) is 0 Å². The predicted molar refractivity (Wildman–Crippen MR) is 97.4 cm³/mol. The molecule has 1 fully saturated rings.